The number of nitrogens with one attached hydrogen (secondary N) is 1. The van der Waals surface area contributed by atoms with Gasteiger partial charge >= 0.3 is 6.09 Å². The van der Waals surface area contributed by atoms with Crippen LogP contribution < -0.4 is 10.2 Å². The first kappa shape index (κ1) is 31.4. The molecule has 0 saturated carbocycles. The van der Waals surface area contributed by atoms with Crippen molar-refractivity contribution in [2.24, 2.45) is 0 Å². The number of ether oxygens (including phenoxy) is 1. The van der Waals surface area contributed by atoms with Crippen LogP contribution in [-0.4, -0.2) is 77.7 Å². The first-order valence-electron chi connectivity index (χ1n) is 13.6. The van der Waals surface area contributed by atoms with Crippen LogP contribution in [0.3, 0.4) is 0 Å². The number of nitrogens with zero attached hydrogens (tertiary/aromatic N) is 4. The zero-order valence-corrected chi connectivity index (χ0v) is 26.2. The van der Waals surface area contributed by atoms with Gasteiger partial charge in [-0.3, -0.25) is 14.6 Å². The highest BCUT2D eigenvalue weighted by Crippen LogP contribution is 2.26. The summed E-state index contributed by atoms with van der Waals surface area (Å²) in [5.74, 6) is -0.354. The lowest BCUT2D eigenvalue weighted by Gasteiger charge is -2.32. The third-order valence-corrected chi connectivity index (χ3v) is 7.20. The number of carbonyl (C=O) groups is 3. The molecule has 1 heterocycles. The summed E-state index contributed by atoms with van der Waals surface area (Å²) >= 11 is 3.52. The number of hydrazine groups is 1. The second-order valence-corrected chi connectivity index (χ2v) is 12.3. The van der Waals surface area contributed by atoms with Crippen LogP contribution >= 0.6 is 15.9 Å². The number of hydrogen-bond acceptors (Lipinski definition) is 6. The maximum Gasteiger partial charge on any atom is 0.410 e. The van der Waals surface area contributed by atoms with E-state index in [0.717, 1.165) is 15.7 Å². The maximum absolute atomic E-state index is 13.5. The smallest absolute Gasteiger partial charge is 0.410 e. The molecule has 0 aromatic heterocycles. The second-order valence-electron chi connectivity index (χ2n) is 11.4. The number of aryl methyl sites for hydroxylation is 1. The standard InChI is InChI=1S/C30H42BrN5O4/c1-21(2)36(29(39)40-30(4,5)6)15-14-32-27(37)19-34(26-16-25(31)13-12-22(26)3)20-28(38)33(7)35-17-23-10-8-9-11-24(23)18-35/h8-13,16,21H,14-15,17-20H2,1-7H3,(H,32,37). The van der Waals surface area contributed by atoms with Crippen LogP contribution in [0.2, 0.25) is 0 Å². The van der Waals surface area contributed by atoms with Gasteiger partial charge in [0.25, 0.3) is 5.91 Å². The molecule has 2 aromatic carbocycles. The minimum atomic E-state index is -0.604. The van der Waals surface area contributed by atoms with Gasteiger partial charge in [0, 0.05) is 49.4 Å². The molecule has 3 rings (SSSR count). The predicted octanol–water partition coefficient (Wildman–Crippen LogP) is 4.71. The van der Waals surface area contributed by atoms with E-state index in [2.05, 4.69) is 33.4 Å². The van der Waals surface area contributed by atoms with E-state index in [1.807, 2.05) is 76.9 Å². The third-order valence-electron chi connectivity index (χ3n) is 6.71. The fourth-order valence-electron chi connectivity index (χ4n) is 4.53. The van der Waals surface area contributed by atoms with Crippen molar-refractivity contribution in [2.75, 3.05) is 38.1 Å². The van der Waals surface area contributed by atoms with Crippen molar-refractivity contribution >= 4 is 39.5 Å². The van der Waals surface area contributed by atoms with E-state index in [0.29, 0.717) is 19.6 Å². The highest BCUT2D eigenvalue weighted by atomic mass is 79.9. The molecule has 0 aliphatic carbocycles. The number of benzene rings is 2. The van der Waals surface area contributed by atoms with Crippen molar-refractivity contribution in [1.29, 1.82) is 0 Å². The van der Waals surface area contributed by atoms with Crippen molar-refractivity contribution in [3.05, 3.63) is 63.6 Å². The number of carbonyl (C=O) groups excluding carboxylic acids is 3. The Kier molecular flexibility index (Phi) is 10.6. The molecule has 0 fully saturated rings. The molecule has 0 unspecified atom stereocenters. The van der Waals surface area contributed by atoms with E-state index in [9.17, 15) is 14.4 Å². The van der Waals surface area contributed by atoms with E-state index >= 15 is 0 Å². The minimum absolute atomic E-state index is 0.00872. The first-order valence-corrected chi connectivity index (χ1v) is 14.4. The number of fused-ring (bicyclic) bond motifs is 1. The van der Waals surface area contributed by atoms with Crippen LogP contribution in [0.25, 0.3) is 0 Å². The second kappa shape index (κ2) is 13.5. The normalized spacial score (nSPS) is 13.1. The van der Waals surface area contributed by atoms with Crippen molar-refractivity contribution in [3.63, 3.8) is 0 Å². The molecule has 1 aliphatic heterocycles. The summed E-state index contributed by atoms with van der Waals surface area (Å²) in [5, 5.41) is 6.57. The summed E-state index contributed by atoms with van der Waals surface area (Å²) in [7, 11) is 1.78. The van der Waals surface area contributed by atoms with Crippen molar-refractivity contribution < 1.29 is 19.1 Å². The molecule has 0 radical (unpaired) electrons. The highest BCUT2D eigenvalue weighted by molar-refractivity contribution is 9.10. The Hall–Kier alpha value is -3.11. The lowest BCUT2D eigenvalue weighted by Crippen LogP contribution is -2.49. The molecule has 10 heteroatoms. The van der Waals surface area contributed by atoms with Gasteiger partial charge in [-0.15, -0.1) is 0 Å². The molecule has 40 heavy (non-hydrogen) atoms. The maximum atomic E-state index is 13.5. The Balaban J connectivity index is 1.66. The van der Waals surface area contributed by atoms with Gasteiger partial charge in [0.2, 0.25) is 5.91 Å². The van der Waals surface area contributed by atoms with Crippen molar-refractivity contribution in [2.45, 2.75) is 66.3 Å². The molecule has 3 amide bonds. The fraction of sp³-hybridized carbons (Fsp3) is 0.500. The number of amides is 3. The Morgan fingerprint density at radius 3 is 2.25 bits per heavy atom. The number of likely N-dealkylation sites (N-methyl/N-ethyl adjacent to an activating group) is 1. The largest absolute Gasteiger partial charge is 0.444 e. The fourth-order valence-corrected chi connectivity index (χ4v) is 4.88. The SMILES string of the molecule is Cc1ccc(Br)cc1N(CC(=O)NCCN(C(=O)OC(C)(C)C)C(C)C)CC(=O)N(C)N1Cc2ccccc2C1. The van der Waals surface area contributed by atoms with E-state index in [1.165, 1.54) is 11.1 Å². The number of halogens is 1. The summed E-state index contributed by atoms with van der Waals surface area (Å²) in [6, 6.07) is 13.9. The monoisotopic (exact) mass is 615 g/mol. The summed E-state index contributed by atoms with van der Waals surface area (Å²) in [6.07, 6.45) is -0.416. The Bertz CT molecular complexity index is 1190. The molecular weight excluding hydrogens is 574 g/mol. The molecule has 218 valence electrons. The van der Waals surface area contributed by atoms with E-state index in [-0.39, 0.29) is 37.5 Å². The Morgan fingerprint density at radius 1 is 1.05 bits per heavy atom. The van der Waals surface area contributed by atoms with Crippen LogP contribution in [0.15, 0.2) is 46.9 Å². The van der Waals surface area contributed by atoms with Gasteiger partial charge in [0.1, 0.15) is 5.60 Å². The zero-order chi connectivity index (χ0) is 29.6. The van der Waals surface area contributed by atoms with Gasteiger partial charge in [0.15, 0.2) is 0 Å². The molecule has 2 aromatic rings. The van der Waals surface area contributed by atoms with Crippen LogP contribution in [0, 0.1) is 6.92 Å². The quantitative estimate of drug-likeness (QED) is 0.416. The molecule has 1 N–H and O–H groups in total. The number of rotatable bonds is 10. The van der Waals surface area contributed by atoms with Gasteiger partial charge in [0.05, 0.1) is 13.1 Å². The van der Waals surface area contributed by atoms with Gasteiger partial charge in [-0.25, -0.2) is 9.80 Å². The summed E-state index contributed by atoms with van der Waals surface area (Å²) in [4.78, 5) is 42.5. The third kappa shape index (κ3) is 8.69. The zero-order valence-electron chi connectivity index (χ0n) is 24.7. The number of anilines is 1. The minimum Gasteiger partial charge on any atom is -0.444 e. The summed E-state index contributed by atoms with van der Waals surface area (Å²) in [6.45, 7) is 13.2. The molecule has 0 atom stereocenters. The van der Waals surface area contributed by atoms with Crippen LogP contribution in [0.1, 0.15) is 51.3 Å². The van der Waals surface area contributed by atoms with E-state index < -0.39 is 11.7 Å². The summed E-state index contributed by atoms with van der Waals surface area (Å²) in [5.41, 5.74) is 3.57. The molecular formula is C30H42BrN5O4. The Morgan fingerprint density at radius 2 is 1.68 bits per heavy atom. The average molecular weight is 617 g/mol. The van der Waals surface area contributed by atoms with Crippen LogP contribution in [0.4, 0.5) is 10.5 Å². The van der Waals surface area contributed by atoms with Gasteiger partial charge in [-0.2, -0.15) is 0 Å². The number of hydrogen-bond donors (Lipinski definition) is 1. The van der Waals surface area contributed by atoms with E-state index in [4.69, 9.17) is 4.74 Å². The van der Waals surface area contributed by atoms with Crippen molar-refractivity contribution in [1.82, 2.24) is 20.2 Å². The van der Waals surface area contributed by atoms with Crippen LogP contribution in [0.5, 0.6) is 0 Å². The molecule has 0 saturated heterocycles. The molecule has 1 aliphatic rings. The predicted molar refractivity (Wildman–Crippen MR) is 161 cm³/mol. The van der Waals surface area contributed by atoms with Gasteiger partial charge in [-0.1, -0.05) is 46.3 Å². The Labute approximate surface area is 246 Å². The molecule has 0 spiro atoms. The van der Waals surface area contributed by atoms with Gasteiger partial charge < -0.3 is 19.9 Å². The van der Waals surface area contributed by atoms with Crippen molar-refractivity contribution in [3.8, 4) is 0 Å². The lowest BCUT2D eigenvalue weighted by molar-refractivity contribution is -0.145. The first-order chi connectivity index (χ1) is 18.7. The van der Waals surface area contributed by atoms with Crippen LogP contribution in [-0.2, 0) is 27.4 Å². The lowest BCUT2D eigenvalue weighted by atomic mass is 10.1. The molecule has 9 nitrogen and oxygen atoms in total. The molecule has 0 bridgehead atoms. The van der Waals surface area contributed by atoms with E-state index in [1.54, 1.807) is 21.9 Å². The highest BCUT2D eigenvalue weighted by Gasteiger charge is 2.28. The summed E-state index contributed by atoms with van der Waals surface area (Å²) < 4.78 is 6.37. The average Bonchev–Trinajstić information content (AvgIpc) is 3.30. The van der Waals surface area contributed by atoms with Gasteiger partial charge in [-0.05, 0) is 70.4 Å². The topological polar surface area (TPSA) is 85.4 Å².